The Hall–Kier alpha value is -1.78. The number of aromatic nitrogens is 1. The third-order valence-electron chi connectivity index (χ3n) is 2.39. The lowest BCUT2D eigenvalue weighted by molar-refractivity contribution is -0.134. The Balaban J connectivity index is 2.24. The summed E-state index contributed by atoms with van der Waals surface area (Å²) in [6.07, 6.45) is 2.03. The number of nitrogens with zero attached hydrogens (tertiary/aromatic N) is 1. The lowest BCUT2D eigenvalue weighted by atomic mass is 9.91. The van der Waals surface area contributed by atoms with Gasteiger partial charge in [-0.1, -0.05) is 0 Å². The highest BCUT2D eigenvalue weighted by molar-refractivity contribution is 6.00. The first kappa shape index (κ1) is 9.76. The average Bonchev–Trinajstić information content (AvgIpc) is 2.17. The van der Waals surface area contributed by atoms with Crippen LogP contribution in [0, 0.1) is 5.95 Å². The average molecular weight is 208 g/mol. The summed E-state index contributed by atoms with van der Waals surface area (Å²) in [7, 11) is 0. The van der Waals surface area contributed by atoms with Crippen LogP contribution in [-0.2, 0) is 9.59 Å². The van der Waals surface area contributed by atoms with Crippen LogP contribution in [0.5, 0.6) is 0 Å². The molecule has 0 bridgehead atoms. The maximum Gasteiger partial charge on any atom is 0.234 e. The molecule has 0 aliphatic carbocycles. The van der Waals surface area contributed by atoms with Crippen LogP contribution in [0.2, 0.25) is 0 Å². The number of hydrogen-bond acceptors (Lipinski definition) is 3. The van der Waals surface area contributed by atoms with Gasteiger partial charge in [0.05, 0.1) is 5.92 Å². The molecule has 4 nitrogen and oxygen atoms in total. The van der Waals surface area contributed by atoms with E-state index in [-0.39, 0.29) is 11.8 Å². The summed E-state index contributed by atoms with van der Waals surface area (Å²) in [6.45, 7) is 0. The summed E-state index contributed by atoms with van der Waals surface area (Å²) in [6, 6.07) is 2.81. The molecule has 15 heavy (non-hydrogen) atoms. The molecule has 0 saturated carbocycles. The second kappa shape index (κ2) is 3.76. The molecule has 2 amide bonds. The number of carbonyl (C=O) groups is 2. The fourth-order valence-electron chi connectivity index (χ4n) is 1.65. The van der Waals surface area contributed by atoms with Crippen molar-refractivity contribution in [2.75, 3.05) is 0 Å². The third kappa shape index (κ3) is 2.01. The molecule has 1 aromatic rings. The Bertz CT molecular complexity index is 420. The molecule has 5 heteroatoms. The Morgan fingerprint density at radius 1 is 1.47 bits per heavy atom. The van der Waals surface area contributed by atoms with Gasteiger partial charge in [0.15, 0.2) is 0 Å². The minimum Gasteiger partial charge on any atom is -0.296 e. The van der Waals surface area contributed by atoms with Gasteiger partial charge in [0.1, 0.15) is 0 Å². The number of piperidine rings is 1. The van der Waals surface area contributed by atoms with Gasteiger partial charge in [0, 0.05) is 12.6 Å². The highest BCUT2D eigenvalue weighted by Gasteiger charge is 2.27. The lowest BCUT2D eigenvalue weighted by Crippen LogP contribution is -2.39. The Kier molecular flexibility index (Phi) is 2.45. The summed E-state index contributed by atoms with van der Waals surface area (Å²) in [4.78, 5) is 25.7. The zero-order chi connectivity index (χ0) is 10.8. The van der Waals surface area contributed by atoms with Crippen LogP contribution in [0.4, 0.5) is 4.39 Å². The summed E-state index contributed by atoms with van der Waals surface area (Å²) in [5.74, 6) is -1.69. The molecule has 0 radical (unpaired) electrons. The van der Waals surface area contributed by atoms with Gasteiger partial charge in [0.25, 0.3) is 0 Å². The molecule has 1 N–H and O–H groups in total. The zero-order valence-electron chi connectivity index (χ0n) is 7.87. The van der Waals surface area contributed by atoms with E-state index < -0.39 is 11.9 Å². The summed E-state index contributed by atoms with van der Waals surface area (Å²) < 4.78 is 12.8. The molecule has 1 saturated heterocycles. The number of halogens is 1. The normalized spacial score (nSPS) is 21.3. The molecule has 78 valence electrons. The second-order valence-corrected chi connectivity index (χ2v) is 3.42. The number of pyridine rings is 1. The maximum atomic E-state index is 12.8. The Morgan fingerprint density at radius 3 is 2.93 bits per heavy atom. The minimum atomic E-state index is -0.614. The Labute approximate surface area is 85.5 Å². The summed E-state index contributed by atoms with van der Waals surface area (Å²) >= 11 is 0. The molecular weight excluding hydrogens is 199 g/mol. The van der Waals surface area contributed by atoms with Crippen LogP contribution in [0.1, 0.15) is 24.3 Å². The molecule has 0 unspecified atom stereocenters. The first-order valence-electron chi connectivity index (χ1n) is 4.62. The SMILES string of the molecule is O=C1CC[C@H](c2ccnc(F)c2)C(=O)N1. The highest BCUT2D eigenvalue weighted by atomic mass is 19.1. The van der Waals surface area contributed by atoms with E-state index in [4.69, 9.17) is 0 Å². The minimum absolute atomic E-state index is 0.272. The quantitative estimate of drug-likeness (QED) is 0.547. The number of hydrogen-bond donors (Lipinski definition) is 1. The zero-order valence-corrected chi connectivity index (χ0v) is 7.87. The molecule has 2 rings (SSSR count). The van der Waals surface area contributed by atoms with E-state index in [1.807, 2.05) is 0 Å². The van der Waals surface area contributed by atoms with E-state index in [1.165, 1.54) is 12.3 Å². The van der Waals surface area contributed by atoms with Gasteiger partial charge in [-0.25, -0.2) is 4.98 Å². The topological polar surface area (TPSA) is 59.1 Å². The predicted octanol–water partition coefficient (Wildman–Crippen LogP) is 0.741. The van der Waals surface area contributed by atoms with Crippen LogP contribution in [-0.4, -0.2) is 16.8 Å². The molecule has 1 fully saturated rings. The van der Waals surface area contributed by atoms with Gasteiger partial charge in [-0.15, -0.1) is 0 Å². The van der Waals surface area contributed by atoms with Crippen molar-refractivity contribution in [3.63, 3.8) is 0 Å². The van der Waals surface area contributed by atoms with Gasteiger partial charge in [-0.3, -0.25) is 14.9 Å². The number of amides is 2. The molecule has 1 aliphatic rings. The molecule has 0 spiro atoms. The number of rotatable bonds is 1. The van der Waals surface area contributed by atoms with Gasteiger partial charge in [0.2, 0.25) is 17.8 Å². The van der Waals surface area contributed by atoms with Crippen LogP contribution in [0.3, 0.4) is 0 Å². The fraction of sp³-hybridized carbons (Fsp3) is 0.300. The number of imide groups is 1. The van der Waals surface area contributed by atoms with E-state index in [0.29, 0.717) is 18.4 Å². The standard InChI is InChI=1S/C10H9FN2O2/c11-8-5-6(3-4-12-8)7-1-2-9(14)13-10(7)15/h3-5,7H,1-2H2,(H,13,14,15)/t7-/m1/s1. The van der Waals surface area contributed by atoms with Gasteiger partial charge in [-0.2, -0.15) is 4.39 Å². The number of nitrogens with one attached hydrogen (secondary N) is 1. The maximum absolute atomic E-state index is 12.8. The van der Waals surface area contributed by atoms with Crippen molar-refractivity contribution in [2.45, 2.75) is 18.8 Å². The van der Waals surface area contributed by atoms with Crippen molar-refractivity contribution in [1.82, 2.24) is 10.3 Å². The predicted molar refractivity (Wildman–Crippen MR) is 49.3 cm³/mol. The Morgan fingerprint density at radius 2 is 2.27 bits per heavy atom. The van der Waals surface area contributed by atoms with Gasteiger partial charge in [-0.05, 0) is 24.1 Å². The van der Waals surface area contributed by atoms with Crippen molar-refractivity contribution in [3.8, 4) is 0 Å². The van der Waals surface area contributed by atoms with Crippen molar-refractivity contribution >= 4 is 11.8 Å². The fourth-order valence-corrected chi connectivity index (χ4v) is 1.65. The molecule has 1 aromatic heterocycles. The van der Waals surface area contributed by atoms with Crippen LogP contribution in [0.15, 0.2) is 18.3 Å². The monoisotopic (exact) mass is 208 g/mol. The van der Waals surface area contributed by atoms with Crippen LogP contribution >= 0.6 is 0 Å². The van der Waals surface area contributed by atoms with E-state index in [2.05, 4.69) is 10.3 Å². The summed E-state index contributed by atoms with van der Waals surface area (Å²) in [5, 5.41) is 2.23. The first-order chi connectivity index (χ1) is 7.16. The van der Waals surface area contributed by atoms with Crippen molar-refractivity contribution in [3.05, 3.63) is 29.8 Å². The van der Waals surface area contributed by atoms with Crippen molar-refractivity contribution in [2.24, 2.45) is 0 Å². The van der Waals surface area contributed by atoms with Gasteiger partial charge >= 0.3 is 0 Å². The van der Waals surface area contributed by atoms with E-state index in [1.54, 1.807) is 6.07 Å². The molecule has 0 aromatic carbocycles. The first-order valence-corrected chi connectivity index (χ1v) is 4.62. The third-order valence-corrected chi connectivity index (χ3v) is 2.39. The highest BCUT2D eigenvalue weighted by Crippen LogP contribution is 2.24. The van der Waals surface area contributed by atoms with E-state index in [9.17, 15) is 14.0 Å². The van der Waals surface area contributed by atoms with Crippen molar-refractivity contribution in [1.29, 1.82) is 0 Å². The van der Waals surface area contributed by atoms with Crippen LogP contribution in [0.25, 0.3) is 0 Å². The largest absolute Gasteiger partial charge is 0.296 e. The smallest absolute Gasteiger partial charge is 0.234 e. The van der Waals surface area contributed by atoms with E-state index in [0.717, 1.165) is 0 Å². The van der Waals surface area contributed by atoms with Crippen molar-refractivity contribution < 1.29 is 14.0 Å². The molecular formula is C10H9FN2O2. The molecule has 2 heterocycles. The molecule has 1 aliphatic heterocycles. The number of carbonyl (C=O) groups excluding carboxylic acids is 2. The lowest BCUT2D eigenvalue weighted by Gasteiger charge is -2.20. The van der Waals surface area contributed by atoms with Gasteiger partial charge < -0.3 is 0 Å². The van der Waals surface area contributed by atoms with Crippen LogP contribution < -0.4 is 5.32 Å². The van der Waals surface area contributed by atoms with E-state index >= 15 is 0 Å². The molecule has 1 atom stereocenters. The summed E-state index contributed by atoms with van der Waals surface area (Å²) in [5.41, 5.74) is 0.563. The second-order valence-electron chi connectivity index (χ2n) is 3.42.